The first kappa shape index (κ1) is 24.0. The van der Waals surface area contributed by atoms with Gasteiger partial charge in [-0.25, -0.2) is 9.97 Å². The number of aliphatic hydroxyl groups excluding tert-OH is 1. The van der Waals surface area contributed by atoms with Gasteiger partial charge in [0.15, 0.2) is 22.6 Å². The normalized spacial score (nSPS) is 14.3. The fraction of sp³-hybridized carbons (Fsp3) is 0.417. The van der Waals surface area contributed by atoms with Crippen molar-refractivity contribution in [2.75, 3.05) is 29.9 Å². The molecule has 1 fully saturated rings. The van der Waals surface area contributed by atoms with Crippen molar-refractivity contribution in [1.82, 2.24) is 20.2 Å². The van der Waals surface area contributed by atoms with Gasteiger partial charge >= 0.3 is 0 Å². The number of hydrogen-bond donors (Lipinski definition) is 3. The van der Waals surface area contributed by atoms with Gasteiger partial charge < -0.3 is 20.1 Å². The Labute approximate surface area is 203 Å². The van der Waals surface area contributed by atoms with Gasteiger partial charge in [0.2, 0.25) is 5.75 Å². The number of Topliss-reactive ketones (excluding diaryl/α,β-unsaturated/α-hetero) is 1. The maximum atomic E-state index is 11.4. The van der Waals surface area contributed by atoms with Gasteiger partial charge in [0.25, 0.3) is 0 Å². The average Bonchev–Trinajstić information content (AvgIpc) is 3.21. The number of hydrogen-bond acceptors (Lipinski definition) is 9. The number of aryl methyl sites for hydroxylation is 1. The first-order chi connectivity index (χ1) is 16.4. The Bertz CT molecular complexity index is 1130. The number of aromatic nitrogens is 4. The van der Waals surface area contributed by atoms with Crippen molar-refractivity contribution >= 4 is 35.0 Å². The molecule has 3 heterocycles. The molecule has 4 rings (SSSR count). The minimum atomic E-state index is -0.291. The zero-order valence-corrected chi connectivity index (χ0v) is 20.5. The lowest BCUT2D eigenvalue weighted by Gasteiger charge is -2.32. The fourth-order valence-electron chi connectivity index (χ4n) is 3.79. The number of carbonyl (C=O) groups is 1. The molecule has 2 aromatic heterocycles. The molecule has 10 heteroatoms. The summed E-state index contributed by atoms with van der Waals surface area (Å²) in [4.78, 5) is 24.1. The number of ketones is 1. The van der Waals surface area contributed by atoms with Crippen LogP contribution >= 0.6 is 11.8 Å². The Hall–Kier alpha value is -3.11. The van der Waals surface area contributed by atoms with Crippen LogP contribution in [0.2, 0.25) is 0 Å². The van der Waals surface area contributed by atoms with Crippen molar-refractivity contribution in [3.8, 4) is 5.75 Å². The molecule has 9 nitrogen and oxygen atoms in total. The molecule has 3 N–H and O–H groups in total. The van der Waals surface area contributed by atoms with Gasteiger partial charge in [-0.2, -0.15) is 5.10 Å². The lowest BCUT2D eigenvalue weighted by molar-refractivity contribution is -0.116. The Morgan fingerprint density at radius 1 is 1.26 bits per heavy atom. The molecular weight excluding hydrogens is 452 g/mol. The molecule has 1 saturated heterocycles. The molecule has 1 aliphatic heterocycles. The molecule has 0 spiro atoms. The van der Waals surface area contributed by atoms with Crippen LogP contribution in [0.5, 0.6) is 5.75 Å². The third kappa shape index (κ3) is 6.06. The summed E-state index contributed by atoms with van der Waals surface area (Å²) in [5, 5.41) is 21.0. The number of H-pyrrole nitrogens is 1. The average molecular weight is 483 g/mol. The summed E-state index contributed by atoms with van der Waals surface area (Å²) in [6.07, 6.45) is 1.49. The SMILES string of the molecule is CCOc1c(Nc2cc(C)[nH]n2)nc(Sc2ccc(CC(C)=O)cc2)nc1N1CCC(O)CC1. The molecule has 0 aliphatic carbocycles. The zero-order chi connectivity index (χ0) is 24.1. The molecule has 180 valence electrons. The Kier molecular flexibility index (Phi) is 7.69. The lowest BCUT2D eigenvalue weighted by atomic mass is 10.1. The highest BCUT2D eigenvalue weighted by Crippen LogP contribution is 2.39. The molecule has 1 aliphatic rings. The van der Waals surface area contributed by atoms with Crippen LogP contribution in [-0.2, 0) is 11.2 Å². The highest BCUT2D eigenvalue weighted by atomic mass is 32.2. The summed E-state index contributed by atoms with van der Waals surface area (Å²) in [5.41, 5.74) is 1.91. The number of anilines is 3. The summed E-state index contributed by atoms with van der Waals surface area (Å²) in [5.74, 6) is 2.59. The molecule has 0 atom stereocenters. The van der Waals surface area contributed by atoms with Gasteiger partial charge in [0.1, 0.15) is 5.78 Å². The van der Waals surface area contributed by atoms with Crippen LogP contribution < -0.4 is 15.0 Å². The van der Waals surface area contributed by atoms with Gasteiger partial charge in [0.05, 0.1) is 12.7 Å². The van der Waals surface area contributed by atoms with E-state index < -0.39 is 0 Å². The topological polar surface area (TPSA) is 116 Å². The summed E-state index contributed by atoms with van der Waals surface area (Å²) in [6.45, 7) is 7.28. The molecule has 0 radical (unpaired) electrons. The van der Waals surface area contributed by atoms with Gasteiger partial charge in [0, 0.05) is 36.2 Å². The van der Waals surface area contributed by atoms with E-state index in [0.717, 1.165) is 16.2 Å². The molecule has 0 bridgehead atoms. The lowest BCUT2D eigenvalue weighted by Crippen LogP contribution is -2.36. The fourth-order valence-corrected chi connectivity index (χ4v) is 4.54. The number of nitrogens with zero attached hydrogens (tertiary/aromatic N) is 4. The first-order valence-corrected chi connectivity index (χ1v) is 12.3. The molecule has 1 aromatic carbocycles. The summed E-state index contributed by atoms with van der Waals surface area (Å²) < 4.78 is 6.01. The van der Waals surface area contributed by atoms with E-state index in [0.29, 0.717) is 67.3 Å². The predicted octanol–water partition coefficient (Wildman–Crippen LogP) is 3.89. The molecule has 0 amide bonds. The molecule has 0 unspecified atom stereocenters. The van der Waals surface area contributed by atoms with Gasteiger partial charge in [-0.05, 0) is 63.1 Å². The van der Waals surface area contributed by atoms with Crippen LogP contribution in [0.25, 0.3) is 0 Å². The van der Waals surface area contributed by atoms with Crippen molar-refractivity contribution in [1.29, 1.82) is 0 Å². The van der Waals surface area contributed by atoms with E-state index in [1.54, 1.807) is 6.92 Å². The highest BCUT2D eigenvalue weighted by Gasteiger charge is 2.25. The smallest absolute Gasteiger partial charge is 0.205 e. The summed E-state index contributed by atoms with van der Waals surface area (Å²) in [7, 11) is 0. The van der Waals surface area contributed by atoms with E-state index >= 15 is 0 Å². The van der Waals surface area contributed by atoms with Crippen LogP contribution in [0.1, 0.15) is 37.9 Å². The van der Waals surface area contributed by atoms with Crippen molar-refractivity contribution < 1.29 is 14.6 Å². The molecule has 3 aromatic rings. The number of benzene rings is 1. The summed E-state index contributed by atoms with van der Waals surface area (Å²) in [6, 6.07) is 9.76. The number of carbonyl (C=O) groups excluding carboxylic acids is 1. The number of aromatic amines is 1. The monoisotopic (exact) mass is 482 g/mol. The zero-order valence-electron chi connectivity index (χ0n) is 19.7. The van der Waals surface area contributed by atoms with Gasteiger partial charge in [-0.15, -0.1) is 0 Å². The molecular formula is C24H30N6O3S. The third-order valence-electron chi connectivity index (χ3n) is 5.42. The van der Waals surface area contributed by atoms with Gasteiger partial charge in [-0.3, -0.25) is 9.89 Å². The van der Waals surface area contributed by atoms with Crippen molar-refractivity contribution in [3.63, 3.8) is 0 Å². The number of rotatable bonds is 9. The second-order valence-electron chi connectivity index (χ2n) is 8.34. The van der Waals surface area contributed by atoms with Crippen LogP contribution in [0, 0.1) is 6.92 Å². The minimum Gasteiger partial charge on any atom is -0.487 e. The quantitative estimate of drug-likeness (QED) is 0.391. The molecule has 0 saturated carbocycles. The van der Waals surface area contributed by atoms with Crippen LogP contribution in [0.4, 0.5) is 17.5 Å². The Balaban J connectivity index is 1.69. The number of piperidine rings is 1. The van der Waals surface area contributed by atoms with Crippen LogP contribution in [0.15, 0.2) is 40.4 Å². The van der Waals surface area contributed by atoms with Crippen molar-refractivity contribution in [2.45, 2.75) is 56.2 Å². The van der Waals surface area contributed by atoms with Crippen molar-refractivity contribution in [2.24, 2.45) is 0 Å². The van der Waals surface area contributed by atoms with E-state index in [9.17, 15) is 9.90 Å². The van der Waals surface area contributed by atoms with E-state index in [2.05, 4.69) is 20.4 Å². The number of aliphatic hydroxyl groups is 1. The maximum absolute atomic E-state index is 11.4. The maximum Gasteiger partial charge on any atom is 0.205 e. The van der Waals surface area contributed by atoms with E-state index in [-0.39, 0.29) is 11.9 Å². The number of ether oxygens (including phenoxy) is 1. The third-order valence-corrected chi connectivity index (χ3v) is 6.29. The Morgan fingerprint density at radius 3 is 2.62 bits per heavy atom. The van der Waals surface area contributed by atoms with Crippen LogP contribution in [-0.4, -0.2) is 56.9 Å². The molecule has 34 heavy (non-hydrogen) atoms. The predicted molar refractivity (Wildman–Crippen MR) is 132 cm³/mol. The standard InChI is InChI=1S/C24H30N6O3S/c1-4-33-21-22(25-20-13-15(2)28-29-20)26-24(27-23(21)30-11-9-18(32)10-12-30)34-19-7-5-17(6-8-19)14-16(3)31/h5-8,13,18,32H,4,9-12,14H2,1-3H3,(H2,25,26,27,28,29). The first-order valence-electron chi connectivity index (χ1n) is 11.4. The second kappa shape index (κ2) is 10.9. The van der Waals surface area contributed by atoms with E-state index in [1.807, 2.05) is 44.2 Å². The largest absolute Gasteiger partial charge is 0.487 e. The van der Waals surface area contributed by atoms with Crippen LogP contribution in [0.3, 0.4) is 0 Å². The van der Waals surface area contributed by atoms with E-state index in [4.69, 9.17) is 14.7 Å². The number of nitrogens with one attached hydrogen (secondary N) is 2. The minimum absolute atomic E-state index is 0.135. The van der Waals surface area contributed by atoms with Crippen molar-refractivity contribution in [3.05, 3.63) is 41.6 Å². The Morgan fingerprint density at radius 2 is 2.00 bits per heavy atom. The van der Waals surface area contributed by atoms with E-state index in [1.165, 1.54) is 11.8 Å². The highest BCUT2D eigenvalue weighted by molar-refractivity contribution is 7.99. The van der Waals surface area contributed by atoms with Gasteiger partial charge in [-0.1, -0.05) is 12.1 Å². The second-order valence-corrected chi connectivity index (χ2v) is 9.39. The summed E-state index contributed by atoms with van der Waals surface area (Å²) >= 11 is 1.44.